The van der Waals surface area contributed by atoms with Crippen molar-refractivity contribution >= 4 is 23.1 Å². The van der Waals surface area contributed by atoms with Gasteiger partial charge in [-0.15, -0.1) is 0 Å². The molecule has 0 aliphatic carbocycles. The van der Waals surface area contributed by atoms with Gasteiger partial charge >= 0.3 is 23.1 Å². The van der Waals surface area contributed by atoms with E-state index in [1.165, 1.54) is 0 Å². The van der Waals surface area contributed by atoms with Crippen LogP contribution in [0.3, 0.4) is 0 Å². The first-order valence-corrected chi connectivity index (χ1v) is 0. The van der Waals surface area contributed by atoms with Gasteiger partial charge in [-0.3, -0.25) is 0 Å². The molecule has 0 unspecified atom stereocenters. The van der Waals surface area contributed by atoms with Crippen LogP contribution < -0.4 is 34.0 Å². The smallest absolute Gasteiger partial charge is 1.00 e. The van der Waals surface area contributed by atoms with Gasteiger partial charge in [0.15, 0.2) is 0 Å². The Kier molecular flexibility index (Phi) is 14700. The molecule has 0 aromatic rings. The van der Waals surface area contributed by atoms with Gasteiger partial charge in [0.1, 0.15) is 0 Å². The zero-order valence-electron chi connectivity index (χ0n) is 4.46. The summed E-state index contributed by atoms with van der Waals surface area (Å²) < 4.78 is 0. The van der Waals surface area contributed by atoms with E-state index in [0.29, 0.717) is 0 Å². The number of rotatable bonds is 0. The van der Waals surface area contributed by atoms with Crippen LogP contribution in [0.2, 0.25) is 0 Å². The van der Waals surface area contributed by atoms with Crippen LogP contribution in [0.15, 0.2) is 0 Å². The molecule has 0 radical (unpaired) electrons. The Hall–Kier alpha value is 1.49. The quantitative estimate of drug-likeness (QED) is 0.383. The van der Waals surface area contributed by atoms with Gasteiger partial charge in [-0.25, -0.2) is 0 Å². The molecular formula is H12Br2MgO6. The largest absolute Gasteiger partial charge is 2.00 e. The van der Waals surface area contributed by atoms with E-state index in [-0.39, 0.29) is 89.9 Å². The van der Waals surface area contributed by atoms with Crippen LogP contribution in [0.5, 0.6) is 0 Å². The van der Waals surface area contributed by atoms with Crippen LogP contribution in [0.25, 0.3) is 0 Å². The molecular weight excluding hydrogens is 280 g/mol. The fourth-order valence-electron chi connectivity index (χ4n) is 0. The molecule has 6 nitrogen and oxygen atoms in total. The van der Waals surface area contributed by atoms with Crippen LogP contribution >= 0.6 is 0 Å². The zero-order chi connectivity index (χ0) is 0. The molecule has 0 fully saturated rings. The van der Waals surface area contributed by atoms with Crippen molar-refractivity contribution in [3.63, 3.8) is 0 Å². The minimum Gasteiger partial charge on any atom is -1.00 e. The molecule has 0 saturated heterocycles. The molecule has 9 heteroatoms. The van der Waals surface area contributed by atoms with Crippen molar-refractivity contribution < 1.29 is 66.8 Å². The standard InChI is InChI=1S/2BrH.Mg.6H2O/h2*1H;;6*1H2/q;;+2;;;;;;/p-2. The van der Waals surface area contributed by atoms with Crippen molar-refractivity contribution in [2.24, 2.45) is 0 Å². The second-order valence-electron chi connectivity index (χ2n) is 0. The molecule has 0 aromatic carbocycles. The van der Waals surface area contributed by atoms with Gasteiger partial charge in [0.25, 0.3) is 0 Å². The van der Waals surface area contributed by atoms with E-state index in [4.69, 9.17) is 0 Å². The molecule has 64 valence electrons. The summed E-state index contributed by atoms with van der Waals surface area (Å²) >= 11 is 0. The minimum absolute atomic E-state index is 0. The molecule has 0 rings (SSSR count). The summed E-state index contributed by atoms with van der Waals surface area (Å²) in [6.45, 7) is 0. The number of hydrogen-bond donors (Lipinski definition) is 0. The summed E-state index contributed by atoms with van der Waals surface area (Å²) in [6.07, 6.45) is 0. The van der Waals surface area contributed by atoms with Gasteiger partial charge in [-0.1, -0.05) is 0 Å². The first-order chi connectivity index (χ1) is 0. The average Bonchev–Trinajstić information content (AvgIpc) is 0. The van der Waals surface area contributed by atoms with Crippen molar-refractivity contribution in [2.75, 3.05) is 0 Å². The van der Waals surface area contributed by atoms with Gasteiger partial charge < -0.3 is 66.8 Å². The number of halogens is 2. The summed E-state index contributed by atoms with van der Waals surface area (Å²) in [4.78, 5) is 0. The second-order valence-corrected chi connectivity index (χ2v) is 0. The van der Waals surface area contributed by atoms with Crippen LogP contribution in [0, 0.1) is 0 Å². The van der Waals surface area contributed by atoms with E-state index in [1.54, 1.807) is 0 Å². The fraction of sp³-hybridized carbons (Fsp3) is 0. The SMILES string of the molecule is O.O.O.O.O.O.[Br-].[Br-].[Mg+2]. The van der Waals surface area contributed by atoms with Crippen molar-refractivity contribution in [3.05, 3.63) is 0 Å². The Morgan fingerprint density at radius 3 is 0.333 bits per heavy atom. The summed E-state index contributed by atoms with van der Waals surface area (Å²) in [5.74, 6) is 0. The molecule has 0 atom stereocenters. The summed E-state index contributed by atoms with van der Waals surface area (Å²) in [5.41, 5.74) is 0. The summed E-state index contributed by atoms with van der Waals surface area (Å²) in [6, 6.07) is 0. The van der Waals surface area contributed by atoms with Crippen LogP contribution in [-0.2, 0) is 0 Å². The monoisotopic (exact) mass is 290 g/mol. The predicted octanol–water partition coefficient (Wildman–Crippen LogP) is -11.3. The third kappa shape index (κ3) is 241. The average molecular weight is 292 g/mol. The van der Waals surface area contributed by atoms with Gasteiger partial charge in [0.2, 0.25) is 0 Å². The van der Waals surface area contributed by atoms with Crippen molar-refractivity contribution in [1.82, 2.24) is 0 Å². The number of hydrogen-bond acceptors (Lipinski definition) is 0. The van der Waals surface area contributed by atoms with Crippen molar-refractivity contribution in [2.45, 2.75) is 0 Å². The molecule has 0 heterocycles. The van der Waals surface area contributed by atoms with Gasteiger partial charge in [-0.05, 0) is 0 Å². The van der Waals surface area contributed by atoms with Crippen LogP contribution in [0.4, 0.5) is 0 Å². The Balaban J connectivity index is 0. The van der Waals surface area contributed by atoms with Crippen molar-refractivity contribution in [3.8, 4) is 0 Å². The maximum atomic E-state index is 0. The van der Waals surface area contributed by atoms with Gasteiger partial charge in [0, 0.05) is 0 Å². The molecule has 0 aromatic heterocycles. The molecule has 0 aliphatic rings. The van der Waals surface area contributed by atoms with E-state index in [1.807, 2.05) is 0 Å². The molecule has 0 aliphatic heterocycles. The maximum Gasteiger partial charge on any atom is 2.00 e. The predicted molar refractivity (Wildman–Crippen MR) is 27.4 cm³/mol. The summed E-state index contributed by atoms with van der Waals surface area (Å²) in [7, 11) is 0. The topological polar surface area (TPSA) is 189 Å². The molecule has 0 amide bonds. The van der Waals surface area contributed by atoms with E-state index in [9.17, 15) is 0 Å². The van der Waals surface area contributed by atoms with E-state index in [2.05, 4.69) is 0 Å². The molecule has 9 heavy (non-hydrogen) atoms. The Labute approximate surface area is 89.5 Å². The third-order valence-corrected chi connectivity index (χ3v) is 0. The Morgan fingerprint density at radius 2 is 0.333 bits per heavy atom. The first-order valence-electron chi connectivity index (χ1n) is 0. The van der Waals surface area contributed by atoms with E-state index in [0.717, 1.165) is 0 Å². The molecule has 12 N–H and O–H groups in total. The van der Waals surface area contributed by atoms with Gasteiger partial charge in [-0.2, -0.15) is 0 Å². The van der Waals surface area contributed by atoms with Gasteiger partial charge in [0.05, 0.1) is 0 Å². The van der Waals surface area contributed by atoms with Crippen LogP contribution in [-0.4, -0.2) is 55.9 Å². The van der Waals surface area contributed by atoms with Crippen LogP contribution in [0.1, 0.15) is 0 Å². The molecule has 0 spiro atoms. The minimum atomic E-state index is 0. The Bertz CT molecular complexity index is 11.0. The molecule has 0 saturated carbocycles. The Morgan fingerprint density at radius 1 is 0.333 bits per heavy atom. The van der Waals surface area contributed by atoms with E-state index < -0.39 is 0 Å². The normalized spacial score (nSPS) is 0. The first kappa shape index (κ1) is 427. The second kappa shape index (κ2) is 309. The fourth-order valence-corrected chi connectivity index (χ4v) is 0. The van der Waals surface area contributed by atoms with E-state index >= 15 is 0 Å². The maximum absolute atomic E-state index is 0. The molecule has 0 bridgehead atoms. The van der Waals surface area contributed by atoms with Crippen molar-refractivity contribution in [1.29, 1.82) is 0 Å². The zero-order valence-corrected chi connectivity index (χ0v) is 9.05. The summed E-state index contributed by atoms with van der Waals surface area (Å²) in [5, 5.41) is 0. The third-order valence-electron chi connectivity index (χ3n) is 0.